The molecule has 0 aliphatic rings. The van der Waals surface area contributed by atoms with Crippen LogP contribution in [0.25, 0.3) is 0 Å². The van der Waals surface area contributed by atoms with Gasteiger partial charge in [-0.05, 0) is 83.5 Å². The maximum atomic E-state index is 9.01. The zero-order valence-corrected chi connectivity index (χ0v) is 22.8. The molecule has 0 saturated carbocycles. The molecule has 192 valence electrons. The van der Waals surface area contributed by atoms with Gasteiger partial charge in [0.1, 0.15) is 11.5 Å². The molecule has 0 radical (unpaired) electrons. The van der Waals surface area contributed by atoms with Crippen LogP contribution in [-0.2, 0) is 6.61 Å². The van der Waals surface area contributed by atoms with Crippen LogP contribution in [0, 0.1) is 0 Å². The molecule has 0 saturated heterocycles. The van der Waals surface area contributed by atoms with Crippen LogP contribution in [0.5, 0.6) is 11.5 Å². The molecular weight excluding hydrogens is 432 g/mol. The largest absolute Gasteiger partial charge is 0.508 e. The van der Waals surface area contributed by atoms with E-state index in [1.165, 1.54) is 29.5 Å². The lowest BCUT2D eigenvalue weighted by molar-refractivity contribution is 0.282. The summed E-state index contributed by atoms with van der Waals surface area (Å²) in [6, 6.07) is 23.9. The summed E-state index contributed by atoms with van der Waals surface area (Å²) in [5.41, 5.74) is 5.03. The fourth-order valence-electron chi connectivity index (χ4n) is 3.39. The highest BCUT2D eigenvalue weighted by molar-refractivity contribution is 5.29. The second-order valence-corrected chi connectivity index (χ2v) is 9.19. The first kappa shape index (κ1) is 30.3. The molecular formula is C32H46O3. The Bertz CT molecular complexity index is 861. The molecule has 0 aliphatic heterocycles. The Hall–Kier alpha value is -2.78. The van der Waals surface area contributed by atoms with Gasteiger partial charge >= 0.3 is 0 Å². The molecule has 0 heterocycles. The normalized spacial score (nSPS) is 12.8. The highest BCUT2D eigenvalue weighted by atomic mass is 16.5. The topological polar surface area (TPSA) is 49.7 Å². The summed E-state index contributed by atoms with van der Waals surface area (Å²) in [5, 5.41) is 17.8. The molecule has 0 amide bonds. The quantitative estimate of drug-likeness (QED) is 0.340. The summed E-state index contributed by atoms with van der Waals surface area (Å²) in [4.78, 5) is 0. The van der Waals surface area contributed by atoms with Crippen LogP contribution in [0.3, 0.4) is 0 Å². The van der Waals surface area contributed by atoms with Crippen molar-refractivity contribution in [3.05, 3.63) is 95.1 Å². The molecule has 0 aromatic heterocycles. The van der Waals surface area contributed by atoms with Crippen molar-refractivity contribution in [2.24, 2.45) is 0 Å². The predicted octanol–water partition coefficient (Wildman–Crippen LogP) is 8.81. The Balaban J connectivity index is 0.000000263. The number of aromatic hydroxyl groups is 1. The van der Waals surface area contributed by atoms with Crippen LogP contribution in [0.2, 0.25) is 0 Å². The first-order valence-corrected chi connectivity index (χ1v) is 12.9. The Morgan fingerprint density at radius 3 is 1.26 bits per heavy atom. The zero-order chi connectivity index (χ0) is 26.2. The van der Waals surface area contributed by atoms with Crippen LogP contribution in [0.15, 0.2) is 72.8 Å². The Kier molecular flexibility index (Phi) is 14.5. The van der Waals surface area contributed by atoms with Gasteiger partial charge in [0.2, 0.25) is 0 Å². The molecule has 35 heavy (non-hydrogen) atoms. The number of aliphatic hydroxyl groups excluding tert-OH is 1. The second kappa shape index (κ2) is 16.8. The molecule has 0 spiro atoms. The van der Waals surface area contributed by atoms with Gasteiger partial charge in [0.25, 0.3) is 0 Å². The van der Waals surface area contributed by atoms with Gasteiger partial charge in [-0.25, -0.2) is 0 Å². The lowest BCUT2D eigenvalue weighted by atomic mass is 9.98. The number of benzene rings is 3. The van der Waals surface area contributed by atoms with Gasteiger partial charge in [0.05, 0.1) is 13.7 Å². The third-order valence-electron chi connectivity index (χ3n) is 6.72. The third kappa shape index (κ3) is 11.0. The standard InChI is InChI=1S/2C11H16O.C10H14O/c1-4-9(2)10-5-7-11(12-3)8-6-10;1-3-9(2)11-6-4-10(8-12)5-7-11;1-3-8(2)9-4-6-10(11)7-5-9/h5-9H,4H2,1-3H3;4-7,9,12H,3,8H2,1-2H3;4-8,11H,3H2,1-2H3. The van der Waals surface area contributed by atoms with E-state index in [4.69, 9.17) is 14.9 Å². The van der Waals surface area contributed by atoms with Crippen molar-refractivity contribution in [3.8, 4) is 11.5 Å². The summed E-state index contributed by atoms with van der Waals surface area (Å²) in [5.74, 6) is 3.14. The number of hydrogen-bond donors (Lipinski definition) is 2. The number of hydrogen-bond acceptors (Lipinski definition) is 3. The van der Waals surface area contributed by atoms with Crippen molar-refractivity contribution < 1.29 is 14.9 Å². The van der Waals surface area contributed by atoms with Crippen LogP contribution in [0.4, 0.5) is 0 Å². The van der Waals surface area contributed by atoms with Crippen molar-refractivity contribution in [2.45, 2.75) is 85.2 Å². The van der Waals surface area contributed by atoms with Gasteiger partial charge < -0.3 is 14.9 Å². The molecule has 3 unspecified atom stereocenters. The molecule has 3 heteroatoms. The third-order valence-corrected chi connectivity index (χ3v) is 6.72. The first-order valence-electron chi connectivity index (χ1n) is 12.9. The fourth-order valence-corrected chi connectivity index (χ4v) is 3.39. The van der Waals surface area contributed by atoms with Crippen LogP contribution < -0.4 is 4.74 Å². The molecule has 3 aromatic rings. The first-order chi connectivity index (χ1) is 16.8. The minimum absolute atomic E-state index is 0.140. The average molecular weight is 479 g/mol. The van der Waals surface area contributed by atoms with Gasteiger partial charge in [-0.15, -0.1) is 0 Å². The molecule has 0 bridgehead atoms. The highest BCUT2D eigenvalue weighted by Crippen LogP contribution is 2.22. The smallest absolute Gasteiger partial charge is 0.118 e. The number of phenols is 1. The highest BCUT2D eigenvalue weighted by Gasteiger charge is 2.03. The molecule has 3 aromatic carbocycles. The summed E-state index contributed by atoms with van der Waals surface area (Å²) in [6.45, 7) is 13.3. The maximum absolute atomic E-state index is 9.01. The average Bonchev–Trinajstić information content (AvgIpc) is 2.93. The Morgan fingerprint density at radius 2 is 0.943 bits per heavy atom. The van der Waals surface area contributed by atoms with Crippen molar-refractivity contribution in [1.29, 1.82) is 0 Å². The minimum atomic E-state index is 0.140. The van der Waals surface area contributed by atoms with E-state index in [1.807, 2.05) is 36.4 Å². The summed E-state index contributed by atoms with van der Waals surface area (Å²) in [7, 11) is 1.69. The summed E-state index contributed by atoms with van der Waals surface area (Å²) >= 11 is 0. The van der Waals surface area contributed by atoms with Gasteiger partial charge in [0.15, 0.2) is 0 Å². The van der Waals surface area contributed by atoms with Gasteiger partial charge in [-0.3, -0.25) is 0 Å². The molecule has 3 nitrogen and oxygen atoms in total. The molecule has 3 rings (SSSR count). The Morgan fingerprint density at radius 1 is 0.600 bits per heavy atom. The van der Waals surface area contributed by atoms with Gasteiger partial charge in [0, 0.05) is 0 Å². The van der Waals surface area contributed by atoms with E-state index < -0.39 is 0 Å². The lowest BCUT2D eigenvalue weighted by Gasteiger charge is -2.08. The molecule has 2 N–H and O–H groups in total. The van der Waals surface area contributed by atoms with E-state index in [1.54, 1.807) is 19.2 Å². The van der Waals surface area contributed by atoms with Crippen LogP contribution in [-0.4, -0.2) is 17.3 Å². The van der Waals surface area contributed by atoms with Crippen LogP contribution >= 0.6 is 0 Å². The zero-order valence-electron chi connectivity index (χ0n) is 22.8. The predicted molar refractivity (Wildman–Crippen MR) is 150 cm³/mol. The van der Waals surface area contributed by atoms with Crippen molar-refractivity contribution in [2.75, 3.05) is 7.11 Å². The van der Waals surface area contributed by atoms with E-state index in [2.05, 4.69) is 65.8 Å². The number of rotatable bonds is 8. The fraction of sp³-hybridized carbons (Fsp3) is 0.438. The van der Waals surface area contributed by atoms with Crippen LogP contribution in [0.1, 0.15) is 101 Å². The van der Waals surface area contributed by atoms with E-state index >= 15 is 0 Å². The number of methoxy groups -OCH3 is 1. The minimum Gasteiger partial charge on any atom is -0.508 e. The van der Waals surface area contributed by atoms with E-state index in [0.717, 1.165) is 17.7 Å². The summed E-state index contributed by atoms with van der Waals surface area (Å²) < 4.78 is 5.08. The molecule has 3 atom stereocenters. The van der Waals surface area contributed by atoms with Gasteiger partial charge in [-0.2, -0.15) is 0 Å². The Labute approximate surface area is 213 Å². The van der Waals surface area contributed by atoms with Crippen molar-refractivity contribution in [3.63, 3.8) is 0 Å². The lowest BCUT2D eigenvalue weighted by Crippen LogP contribution is -1.91. The number of phenolic OH excluding ortho intramolecular Hbond substituents is 1. The monoisotopic (exact) mass is 478 g/mol. The van der Waals surface area contributed by atoms with Crippen molar-refractivity contribution >= 4 is 0 Å². The molecule has 0 fully saturated rings. The van der Waals surface area contributed by atoms with Gasteiger partial charge in [-0.1, -0.05) is 90.1 Å². The summed E-state index contributed by atoms with van der Waals surface area (Å²) in [6.07, 6.45) is 3.50. The van der Waals surface area contributed by atoms with E-state index in [9.17, 15) is 0 Å². The van der Waals surface area contributed by atoms with Crippen molar-refractivity contribution in [1.82, 2.24) is 0 Å². The maximum Gasteiger partial charge on any atom is 0.118 e. The van der Waals surface area contributed by atoms with E-state index in [0.29, 0.717) is 23.5 Å². The molecule has 0 aliphatic carbocycles. The number of ether oxygens (including phenoxy) is 1. The second-order valence-electron chi connectivity index (χ2n) is 9.19. The SMILES string of the molecule is CCC(C)c1ccc(CO)cc1.CCC(C)c1ccc(O)cc1.CCC(C)c1ccc(OC)cc1. The van der Waals surface area contributed by atoms with E-state index in [-0.39, 0.29) is 6.61 Å². The number of aliphatic hydroxyl groups is 1.